The Kier molecular flexibility index (Phi) is 4.46. The Morgan fingerprint density at radius 1 is 1.50 bits per heavy atom. The first kappa shape index (κ1) is 14.6. The highest BCUT2D eigenvalue weighted by molar-refractivity contribution is 5.94. The lowest BCUT2D eigenvalue weighted by Crippen LogP contribution is -2.43. The van der Waals surface area contributed by atoms with Gasteiger partial charge in [-0.1, -0.05) is 20.8 Å². The number of carbonyl (C=O) groups excluding carboxylic acids is 1. The third kappa shape index (κ3) is 3.29. The molecule has 100 valence electrons. The Bertz CT molecular complexity index is 423. The van der Waals surface area contributed by atoms with Crippen molar-refractivity contribution in [1.82, 2.24) is 9.88 Å². The molecule has 0 bridgehead atoms. The van der Waals surface area contributed by atoms with Gasteiger partial charge in [-0.15, -0.1) is 0 Å². The predicted molar refractivity (Wildman–Crippen MR) is 73.1 cm³/mol. The van der Waals surface area contributed by atoms with Crippen LogP contribution in [0, 0.1) is 5.41 Å². The van der Waals surface area contributed by atoms with Crippen molar-refractivity contribution in [1.29, 1.82) is 0 Å². The Hall–Kier alpha value is -1.42. The minimum Gasteiger partial charge on any atom is -0.338 e. The first-order chi connectivity index (χ1) is 8.27. The van der Waals surface area contributed by atoms with Gasteiger partial charge in [0, 0.05) is 31.4 Å². The van der Waals surface area contributed by atoms with Crippen LogP contribution in [0.3, 0.4) is 0 Å². The average molecular weight is 249 g/mol. The standard InChI is InChI=1S/C14H23N3O/c1-10(14(2,3)4)17(5)13(18)11-6-7-16-12(8-11)9-15/h6-8,10H,9,15H2,1-5H3. The zero-order valence-electron chi connectivity index (χ0n) is 11.9. The molecule has 0 aliphatic heterocycles. The van der Waals surface area contributed by atoms with E-state index in [1.807, 2.05) is 7.05 Å². The van der Waals surface area contributed by atoms with Crippen LogP contribution in [0.2, 0.25) is 0 Å². The van der Waals surface area contributed by atoms with Gasteiger partial charge in [0.25, 0.3) is 5.91 Å². The van der Waals surface area contributed by atoms with Crippen LogP contribution in [-0.4, -0.2) is 28.9 Å². The maximum Gasteiger partial charge on any atom is 0.253 e. The fourth-order valence-corrected chi connectivity index (χ4v) is 1.68. The normalized spacial score (nSPS) is 13.2. The van der Waals surface area contributed by atoms with Crippen LogP contribution in [0.5, 0.6) is 0 Å². The molecule has 1 unspecified atom stereocenters. The summed E-state index contributed by atoms with van der Waals surface area (Å²) >= 11 is 0. The molecule has 1 amide bonds. The molecule has 1 heterocycles. The van der Waals surface area contributed by atoms with Crippen molar-refractivity contribution in [3.05, 3.63) is 29.6 Å². The van der Waals surface area contributed by atoms with Crippen LogP contribution < -0.4 is 5.73 Å². The third-order valence-corrected chi connectivity index (χ3v) is 3.43. The molecule has 0 saturated heterocycles. The van der Waals surface area contributed by atoms with Crippen molar-refractivity contribution in [3.63, 3.8) is 0 Å². The number of amides is 1. The first-order valence-electron chi connectivity index (χ1n) is 6.19. The summed E-state index contributed by atoms with van der Waals surface area (Å²) in [4.78, 5) is 18.2. The van der Waals surface area contributed by atoms with Crippen molar-refractivity contribution >= 4 is 5.91 Å². The number of nitrogens with zero attached hydrogens (tertiary/aromatic N) is 2. The number of nitrogens with two attached hydrogens (primary N) is 1. The van der Waals surface area contributed by atoms with Gasteiger partial charge in [-0.2, -0.15) is 0 Å². The molecule has 0 aliphatic rings. The molecule has 18 heavy (non-hydrogen) atoms. The topological polar surface area (TPSA) is 59.2 Å². The van der Waals surface area contributed by atoms with Crippen molar-refractivity contribution in [3.8, 4) is 0 Å². The molecule has 1 aromatic rings. The Morgan fingerprint density at radius 2 is 2.11 bits per heavy atom. The average Bonchev–Trinajstić information content (AvgIpc) is 2.35. The smallest absolute Gasteiger partial charge is 0.253 e. The number of pyridine rings is 1. The van der Waals surface area contributed by atoms with E-state index in [-0.39, 0.29) is 17.4 Å². The predicted octanol–water partition coefficient (Wildman–Crippen LogP) is 2.05. The Morgan fingerprint density at radius 3 is 2.61 bits per heavy atom. The van der Waals surface area contributed by atoms with Crippen LogP contribution in [0.1, 0.15) is 43.7 Å². The van der Waals surface area contributed by atoms with E-state index in [2.05, 4.69) is 32.7 Å². The highest BCUT2D eigenvalue weighted by Gasteiger charge is 2.27. The van der Waals surface area contributed by atoms with Crippen LogP contribution >= 0.6 is 0 Å². The zero-order valence-corrected chi connectivity index (χ0v) is 11.9. The van der Waals surface area contributed by atoms with E-state index in [1.54, 1.807) is 23.2 Å². The van der Waals surface area contributed by atoms with Crippen LogP contribution in [0.25, 0.3) is 0 Å². The van der Waals surface area contributed by atoms with E-state index in [9.17, 15) is 4.79 Å². The number of hydrogen-bond acceptors (Lipinski definition) is 3. The molecule has 1 aromatic heterocycles. The number of aromatic nitrogens is 1. The van der Waals surface area contributed by atoms with Crippen molar-refractivity contribution in [2.75, 3.05) is 7.05 Å². The molecule has 0 aromatic carbocycles. The summed E-state index contributed by atoms with van der Waals surface area (Å²) in [5.74, 6) is 0.00882. The van der Waals surface area contributed by atoms with Crippen molar-refractivity contribution < 1.29 is 4.79 Å². The highest BCUT2D eigenvalue weighted by Crippen LogP contribution is 2.24. The second-order valence-electron chi connectivity index (χ2n) is 5.70. The minimum atomic E-state index is 0.00882. The quantitative estimate of drug-likeness (QED) is 0.892. The molecule has 4 nitrogen and oxygen atoms in total. The Balaban J connectivity index is 2.93. The molecule has 1 atom stereocenters. The van der Waals surface area contributed by atoms with Crippen LogP contribution in [0.4, 0.5) is 0 Å². The monoisotopic (exact) mass is 249 g/mol. The summed E-state index contributed by atoms with van der Waals surface area (Å²) in [5.41, 5.74) is 6.96. The van der Waals surface area contributed by atoms with E-state index < -0.39 is 0 Å². The fraction of sp³-hybridized carbons (Fsp3) is 0.571. The van der Waals surface area contributed by atoms with E-state index in [0.717, 1.165) is 5.69 Å². The van der Waals surface area contributed by atoms with Gasteiger partial charge < -0.3 is 10.6 Å². The zero-order chi connectivity index (χ0) is 13.9. The van der Waals surface area contributed by atoms with Gasteiger partial charge in [-0.25, -0.2) is 0 Å². The van der Waals surface area contributed by atoms with E-state index in [1.165, 1.54) is 0 Å². The third-order valence-electron chi connectivity index (χ3n) is 3.43. The van der Waals surface area contributed by atoms with Crippen LogP contribution in [-0.2, 0) is 6.54 Å². The lowest BCUT2D eigenvalue weighted by molar-refractivity contribution is 0.0629. The molecule has 0 radical (unpaired) electrons. The molecule has 0 spiro atoms. The summed E-state index contributed by atoms with van der Waals surface area (Å²) < 4.78 is 0. The maximum absolute atomic E-state index is 12.4. The summed E-state index contributed by atoms with van der Waals surface area (Å²) in [6, 6.07) is 3.64. The number of carbonyl (C=O) groups is 1. The second kappa shape index (κ2) is 5.48. The summed E-state index contributed by atoms with van der Waals surface area (Å²) in [6.45, 7) is 8.78. The lowest BCUT2D eigenvalue weighted by atomic mass is 9.87. The molecule has 4 heteroatoms. The fourth-order valence-electron chi connectivity index (χ4n) is 1.68. The molecule has 0 saturated carbocycles. The molecule has 0 aliphatic carbocycles. The van der Waals surface area contributed by atoms with Crippen molar-refractivity contribution in [2.45, 2.75) is 40.3 Å². The molecular formula is C14H23N3O. The SMILES string of the molecule is CC(N(C)C(=O)c1ccnc(CN)c1)C(C)(C)C. The lowest BCUT2D eigenvalue weighted by Gasteiger charge is -2.35. The molecule has 2 N–H and O–H groups in total. The largest absolute Gasteiger partial charge is 0.338 e. The van der Waals surface area contributed by atoms with Gasteiger partial charge in [0.1, 0.15) is 0 Å². The maximum atomic E-state index is 12.4. The summed E-state index contributed by atoms with van der Waals surface area (Å²) in [6.07, 6.45) is 1.63. The molecule has 0 fully saturated rings. The number of rotatable bonds is 3. The highest BCUT2D eigenvalue weighted by atomic mass is 16.2. The van der Waals surface area contributed by atoms with Crippen LogP contribution in [0.15, 0.2) is 18.3 Å². The number of hydrogen-bond donors (Lipinski definition) is 1. The van der Waals surface area contributed by atoms with Gasteiger partial charge in [0.2, 0.25) is 0 Å². The van der Waals surface area contributed by atoms with Gasteiger partial charge in [0.05, 0.1) is 5.69 Å². The molecule has 1 rings (SSSR count). The van der Waals surface area contributed by atoms with Crippen molar-refractivity contribution in [2.24, 2.45) is 11.1 Å². The van der Waals surface area contributed by atoms with E-state index >= 15 is 0 Å². The minimum absolute atomic E-state index is 0.00882. The summed E-state index contributed by atoms with van der Waals surface area (Å²) in [7, 11) is 1.83. The first-order valence-corrected chi connectivity index (χ1v) is 6.19. The van der Waals surface area contributed by atoms with Gasteiger partial charge in [-0.3, -0.25) is 9.78 Å². The van der Waals surface area contributed by atoms with E-state index in [0.29, 0.717) is 12.1 Å². The molecular weight excluding hydrogens is 226 g/mol. The Labute approximate surface area is 109 Å². The van der Waals surface area contributed by atoms with Gasteiger partial charge in [0.15, 0.2) is 0 Å². The van der Waals surface area contributed by atoms with E-state index in [4.69, 9.17) is 5.73 Å². The van der Waals surface area contributed by atoms with Gasteiger partial charge in [-0.05, 0) is 24.5 Å². The second-order valence-corrected chi connectivity index (χ2v) is 5.70. The summed E-state index contributed by atoms with van der Waals surface area (Å²) in [5, 5.41) is 0. The van der Waals surface area contributed by atoms with Gasteiger partial charge >= 0.3 is 0 Å².